The lowest BCUT2D eigenvalue weighted by Gasteiger charge is -2.19. The number of thioether (sulfide) groups is 3. The van der Waals surface area contributed by atoms with Crippen LogP contribution in [0.4, 0.5) is 4.39 Å². The number of rotatable bonds is 17. The van der Waals surface area contributed by atoms with E-state index in [0.29, 0.717) is 30.9 Å². The van der Waals surface area contributed by atoms with Crippen molar-refractivity contribution in [2.24, 2.45) is 11.5 Å². The van der Waals surface area contributed by atoms with Crippen molar-refractivity contribution in [3.8, 4) is 17.0 Å². The number of pyridine rings is 1. The van der Waals surface area contributed by atoms with Gasteiger partial charge in [0.05, 0.1) is 12.2 Å². The van der Waals surface area contributed by atoms with Gasteiger partial charge in [-0.05, 0) is 37.1 Å². The minimum Gasteiger partial charge on any atom is -0.477 e. The van der Waals surface area contributed by atoms with Crippen molar-refractivity contribution in [3.63, 3.8) is 0 Å². The van der Waals surface area contributed by atoms with Gasteiger partial charge in [0.2, 0.25) is 11.6 Å². The van der Waals surface area contributed by atoms with Crippen LogP contribution in [0.15, 0.2) is 45.6 Å². The van der Waals surface area contributed by atoms with Crippen molar-refractivity contribution >= 4 is 52.4 Å². The van der Waals surface area contributed by atoms with Gasteiger partial charge in [0.1, 0.15) is 18.0 Å². The van der Waals surface area contributed by atoms with Gasteiger partial charge >= 0.3 is 11.6 Å². The molecular weight excluding hydrogens is 574 g/mol. The van der Waals surface area contributed by atoms with Crippen LogP contribution in [0.1, 0.15) is 19.4 Å². The summed E-state index contributed by atoms with van der Waals surface area (Å²) in [6, 6.07) is 9.92. The van der Waals surface area contributed by atoms with Gasteiger partial charge < -0.3 is 25.4 Å². The zero-order valence-electron chi connectivity index (χ0n) is 22.8. The first-order valence-electron chi connectivity index (χ1n) is 13.0. The second-order valence-corrected chi connectivity index (χ2v) is 12.8. The Hall–Kier alpha value is -2.25. The lowest BCUT2D eigenvalue weighted by molar-refractivity contribution is -0.148. The van der Waals surface area contributed by atoms with Gasteiger partial charge in [0.15, 0.2) is 0 Å². The number of ether oxygens (including phenoxy) is 2. The summed E-state index contributed by atoms with van der Waals surface area (Å²) in [6.45, 7) is 4.38. The van der Waals surface area contributed by atoms with Crippen LogP contribution in [0.5, 0.6) is 5.88 Å². The van der Waals surface area contributed by atoms with Gasteiger partial charge in [-0.25, -0.2) is 9.18 Å². The van der Waals surface area contributed by atoms with Crippen LogP contribution in [0, 0.1) is 5.82 Å². The van der Waals surface area contributed by atoms with Crippen LogP contribution < -0.4 is 21.8 Å². The van der Waals surface area contributed by atoms with Crippen molar-refractivity contribution < 1.29 is 23.1 Å². The van der Waals surface area contributed by atoms with E-state index in [1.54, 1.807) is 60.8 Å². The van der Waals surface area contributed by atoms with Crippen LogP contribution in [0.3, 0.4) is 0 Å². The number of fused-ring (bicyclic) bond motifs is 1. The molecule has 2 aromatic heterocycles. The van der Waals surface area contributed by atoms with Crippen LogP contribution in [-0.4, -0.2) is 70.8 Å². The van der Waals surface area contributed by atoms with E-state index in [0.717, 1.165) is 40.1 Å². The minimum absolute atomic E-state index is 0.0554. The fourth-order valence-corrected chi connectivity index (χ4v) is 6.34. The van der Waals surface area contributed by atoms with Crippen molar-refractivity contribution in [2.75, 3.05) is 54.3 Å². The molecule has 218 valence electrons. The molecule has 8 nitrogen and oxygen atoms in total. The third kappa shape index (κ3) is 9.69. The summed E-state index contributed by atoms with van der Waals surface area (Å²) in [5, 5.41) is 0.594. The molecule has 0 bridgehead atoms. The third-order valence-electron chi connectivity index (χ3n) is 5.88. The Labute approximate surface area is 246 Å². The smallest absolute Gasteiger partial charge is 0.345 e. The van der Waals surface area contributed by atoms with Crippen LogP contribution in [0.2, 0.25) is 0 Å². The zero-order chi connectivity index (χ0) is 29.0. The average molecular weight is 610 g/mol. The maximum Gasteiger partial charge on any atom is 0.345 e. The molecule has 0 saturated heterocycles. The number of hydrogen-bond donors (Lipinski definition) is 2. The molecule has 3 aromatic rings. The number of carbonyl (C=O) groups excluding carboxylic acids is 1. The third-order valence-corrected chi connectivity index (χ3v) is 9.28. The molecule has 12 heteroatoms. The quantitative estimate of drug-likeness (QED) is 0.167. The molecule has 0 fully saturated rings. The molecule has 0 amide bonds. The van der Waals surface area contributed by atoms with Gasteiger partial charge in [0, 0.05) is 58.1 Å². The van der Waals surface area contributed by atoms with E-state index in [1.165, 1.54) is 6.07 Å². The summed E-state index contributed by atoms with van der Waals surface area (Å²) in [5.74, 6) is 5.04. The largest absolute Gasteiger partial charge is 0.477 e. The number of carbonyl (C=O) groups is 1. The van der Waals surface area contributed by atoms with Crippen LogP contribution in [0.25, 0.3) is 22.2 Å². The summed E-state index contributed by atoms with van der Waals surface area (Å²) in [4.78, 5) is 28.6. The molecule has 4 N–H and O–H groups in total. The molecule has 1 aromatic carbocycles. The molecule has 0 aliphatic carbocycles. The predicted octanol–water partition coefficient (Wildman–Crippen LogP) is 4.35. The topological polar surface area (TPSA) is 131 Å². The summed E-state index contributed by atoms with van der Waals surface area (Å²) in [5.41, 5.74) is 10.8. The number of halogens is 1. The Morgan fingerprint density at radius 3 is 2.33 bits per heavy atom. The average Bonchev–Trinajstić information content (AvgIpc) is 2.95. The second-order valence-electron chi connectivity index (χ2n) is 9.10. The normalized spacial score (nSPS) is 12.8. The molecule has 1 unspecified atom stereocenters. The molecule has 0 aliphatic heterocycles. The fraction of sp³-hybridized carbons (Fsp3) is 0.464. The first kappa shape index (κ1) is 32.3. The highest BCUT2D eigenvalue weighted by molar-refractivity contribution is 8.04. The number of nitrogens with zero attached hydrogens (tertiary/aromatic N) is 1. The molecule has 1 atom stereocenters. The number of aromatic nitrogens is 1. The highest BCUT2D eigenvalue weighted by Gasteiger charge is 2.28. The highest BCUT2D eigenvalue weighted by atomic mass is 32.2. The minimum atomic E-state index is -1.12. The van der Waals surface area contributed by atoms with Crippen molar-refractivity contribution in [1.29, 1.82) is 0 Å². The molecule has 0 radical (unpaired) electrons. The fourth-order valence-electron chi connectivity index (χ4n) is 3.44. The van der Waals surface area contributed by atoms with Gasteiger partial charge in [-0.3, -0.25) is 4.79 Å². The van der Waals surface area contributed by atoms with Gasteiger partial charge in [0.25, 0.3) is 0 Å². The van der Waals surface area contributed by atoms with E-state index in [-0.39, 0.29) is 23.4 Å². The first-order chi connectivity index (χ1) is 19.2. The predicted molar refractivity (Wildman–Crippen MR) is 165 cm³/mol. The monoisotopic (exact) mass is 609 g/mol. The number of aryl methyl sites for hydroxylation is 1. The number of esters is 1. The molecular formula is C28H36FN3O5S3. The molecule has 0 saturated carbocycles. The molecule has 0 aliphatic rings. The van der Waals surface area contributed by atoms with E-state index in [9.17, 15) is 14.0 Å². The maximum atomic E-state index is 14.5. The van der Waals surface area contributed by atoms with Gasteiger partial charge in [-0.2, -0.15) is 40.3 Å². The summed E-state index contributed by atoms with van der Waals surface area (Å²) >= 11 is 5.41. The Bertz CT molecular complexity index is 1320. The Morgan fingerprint density at radius 2 is 1.68 bits per heavy atom. The van der Waals surface area contributed by atoms with Crippen LogP contribution in [-0.2, 0) is 16.0 Å². The lowest BCUT2D eigenvalue weighted by atomic mass is 10.0. The maximum absolute atomic E-state index is 14.5. The number of nitrogens with two attached hydrogens (primary N) is 2. The summed E-state index contributed by atoms with van der Waals surface area (Å²) in [7, 11) is 0. The lowest BCUT2D eigenvalue weighted by Crippen LogP contribution is -2.52. The molecule has 2 heterocycles. The number of hydrogen-bond acceptors (Lipinski definition) is 11. The standard InChI is InChI=1S/C28H36FN3O5S3/c1-3-19-4-6-21(23(29)16-19)22-17-20-5-7-24(32-25(20)37-26(22)33)35-8-10-38-12-14-40-15-13-39-11-9-36-27(34)28(2,31)18-30/h4-7,16-17H,3,8-15,18,30-31H2,1-2H3. The Balaban J connectivity index is 1.30. The Morgan fingerprint density at radius 1 is 1.00 bits per heavy atom. The SMILES string of the molecule is CCc1ccc(-c2cc3ccc(OCCSCCSCCSCCOC(=O)C(C)(N)CN)nc3oc2=O)c(F)c1. The van der Waals surface area contributed by atoms with Crippen molar-refractivity contribution in [3.05, 3.63) is 58.2 Å². The summed E-state index contributed by atoms with van der Waals surface area (Å²) in [6.07, 6.45) is 0.710. The van der Waals surface area contributed by atoms with E-state index < -0.39 is 23.0 Å². The summed E-state index contributed by atoms with van der Waals surface area (Å²) < 4.78 is 30.8. The van der Waals surface area contributed by atoms with Gasteiger partial charge in [-0.15, -0.1) is 0 Å². The first-order valence-corrected chi connectivity index (χ1v) is 16.5. The Kier molecular flexibility index (Phi) is 13.1. The van der Waals surface area contributed by atoms with E-state index in [2.05, 4.69) is 4.98 Å². The molecule has 40 heavy (non-hydrogen) atoms. The van der Waals surface area contributed by atoms with Crippen molar-refractivity contribution in [1.82, 2.24) is 4.98 Å². The van der Waals surface area contributed by atoms with Gasteiger partial charge in [-0.1, -0.05) is 19.1 Å². The highest BCUT2D eigenvalue weighted by Crippen LogP contribution is 2.25. The van der Waals surface area contributed by atoms with E-state index in [4.69, 9.17) is 25.4 Å². The second kappa shape index (κ2) is 16.3. The zero-order valence-corrected chi connectivity index (χ0v) is 25.2. The van der Waals surface area contributed by atoms with Crippen molar-refractivity contribution in [2.45, 2.75) is 25.8 Å². The molecule has 0 spiro atoms. The van der Waals surface area contributed by atoms with Crippen LogP contribution >= 0.6 is 35.3 Å². The number of benzene rings is 1. The van der Waals surface area contributed by atoms with E-state index >= 15 is 0 Å². The molecule has 3 rings (SSSR count). The van der Waals surface area contributed by atoms with E-state index in [1.807, 2.05) is 18.7 Å².